The molecule has 0 unspecified atom stereocenters. The number of hydrogen-bond donors (Lipinski definition) is 3. The number of H-pyrrole nitrogens is 1. The average molecular weight is 364 g/mol. The second-order valence-corrected chi connectivity index (χ2v) is 6.71. The highest BCUT2D eigenvalue weighted by Gasteiger charge is 2.36. The van der Waals surface area contributed by atoms with E-state index < -0.39 is 0 Å². The molecule has 138 valence electrons. The number of fused-ring (bicyclic) bond motifs is 1. The number of rotatable bonds is 5. The Bertz CT molecular complexity index is 980. The molecule has 4 rings (SSSR count). The van der Waals surface area contributed by atoms with Crippen molar-refractivity contribution >= 4 is 28.5 Å². The molecule has 3 aromatic rings. The van der Waals surface area contributed by atoms with Crippen molar-refractivity contribution in [2.45, 2.75) is 12.8 Å². The third-order valence-corrected chi connectivity index (χ3v) is 4.85. The fourth-order valence-corrected chi connectivity index (χ4v) is 3.38. The van der Waals surface area contributed by atoms with Crippen LogP contribution in [0.2, 0.25) is 0 Å². The van der Waals surface area contributed by atoms with E-state index in [1.54, 1.807) is 17.0 Å². The van der Waals surface area contributed by atoms with Gasteiger partial charge in [0, 0.05) is 24.9 Å². The van der Waals surface area contributed by atoms with Gasteiger partial charge in [-0.2, -0.15) is 5.10 Å². The lowest BCUT2D eigenvalue weighted by Gasteiger charge is -2.14. The first kappa shape index (κ1) is 17.1. The van der Waals surface area contributed by atoms with Gasteiger partial charge in [-0.3, -0.25) is 19.6 Å². The maximum absolute atomic E-state index is 12.5. The van der Waals surface area contributed by atoms with Crippen molar-refractivity contribution in [3.8, 4) is 5.75 Å². The number of aromatic hydroxyl groups is 1. The van der Waals surface area contributed by atoms with E-state index in [1.165, 1.54) is 0 Å². The Hall–Kier alpha value is -3.35. The van der Waals surface area contributed by atoms with E-state index in [1.807, 2.05) is 36.4 Å². The number of anilines is 1. The molecule has 1 aliphatic heterocycles. The lowest BCUT2D eigenvalue weighted by molar-refractivity contribution is -0.126. The van der Waals surface area contributed by atoms with Crippen LogP contribution in [0.3, 0.4) is 0 Å². The van der Waals surface area contributed by atoms with Crippen LogP contribution in [0.15, 0.2) is 48.5 Å². The summed E-state index contributed by atoms with van der Waals surface area (Å²) in [5, 5.41) is 20.3. The van der Waals surface area contributed by atoms with Crippen LogP contribution < -0.4 is 10.2 Å². The second kappa shape index (κ2) is 7.11. The number of aromatic amines is 1. The normalized spacial score (nSPS) is 16.8. The Morgan fingerprint density at radius 1 is 1.22 bits per heavy atom. The number of para-hydroxylation sites is 1. The molecule has 27 heavy (non-hydrogen) atoms. The monoisotopic (exact) mass is 364 g/mol. The molecule has 2 amide bonds. The number of phenolic OH excluding ortho intramolecular Hbond substituents is 1. The van der Waals surface area contributed by atoms with E-state index in [4.69, 9.17) is 0 Å². The molecule has 1 aliphatic rings. The zero-order valence-corrected chi connectivity index (χ0v) is 14.7. The third-order valence-electron chi connectivity index (χ3n) is 4.85. The third kappa shape index (κ3) is 3.48. The minimum Gasteiger partial charge on any atom is -0.508 e. The largest absolute Gasteiger partial charge is 0.508 e. The number of aromatic nitrogens is 2. The van der Waals surface area contributed by atoms with Gasteiger partial charge in [-0.05, 0) is 36.2 Å². The molecule has 0 spiro atoms. The molecule has 0 aliphatic carbocycles. The van der Waals surface area contributed by atoms with E-state index in [2.05, 4.69) is 15.5 Å². The maximum Gasteiger partial charge on any atom is 0.229 e. The van der Waals surface area contributed by atoms with Crippen molar-refractivity contribution in [1.82, 2.24) is 15.5 Å². The maximum atomic E-state index is 12.5. The zero-order chi connectivity index (χ0) is 18.8. The van der Waals surface area contributed by atoms with Crippen molar-refractivity contribution in [2.75, 3.05) is 18.0 Å². The molecular weight excluding hydrogens is 344 g/mol. The Balaban J connectivity index is 1.37. The van der Waals surface area contributed by atoms with Crippen molar-refractivity contribution < 1.29 is 14.7 Å². The Kier molecular flexibility index (Phi) is 4.50. The highest BCUT2D eigenvalue weighted by atomic mass is 16.3. The van der Waals surface area contributed by atoms with Gasteiger partial charge >= 0.3 is 0 Å². The highest BCUT2D eigenvalue weighted by molar-refractivity contribution is 6.05. The van der Waals surface area contributed by atoms with E-state index in [0.29, 0.717) is 25.3 Å². The zero-order valence-electron chi connectivity index (χ0n) is 14.7. The lowest BCUT2D eigenvalue weighted by Crippen LogP contribution is -2.34. The quantitative estimate of drug-likeness (QED) is 0.645. The first-order chi connectivity index (χ1) is 13.1. The van der Waals surface area contributed by atoms with Crippen molar-refractivity contribution in [3.63, 3.8) is 0 Å². The SMILES string of the molecule is O=C(NCCc1ccc(O)cc1)[C@@H]1CC(=O)N(c2n[nH]c3ccccc23)C1. The number of nitrogens with one attached hydrogen (secondary N) is 2. The molecule has 2 heterocycles. The number of amides is 2. The van der Waals surface area contributed by atoms with Crippen molar-refractivity contribution in [1.29, 1.82) is 0 Å². The Morgan fingerprint density at radius 2 is 2.00 bits per heavy atom. The summed E-state index contributed by atoms with van der Waals surface area (Å²) < 4.78 is 0. The Morgan fingerprint density at radius 3 is 2.81 bits per heavy atom. The first-order valence-electron chi connectivity index (χ1n) is 8.91. The van der Waals surface area contributed by atoms with Crippen LogP contribution in [0.4, 0.5) is 5.82 Å². The van der Waals surface area contributed by atoms with Gasteiger partial charge in [0.1, 0.15) is 5.75 Å². The van der Waals surface area contributed by atoms with Gasteiger partial charge in [-0.1, -0.05) is 24.3 Å². The molecule has 7 nitrogen and oxygen atoms in total. The molecule has 3 N–H and O–H groups in total. The lowest BCUT2D eigenvalue weighted by atomic mass is 10.1. The summed E-state index contributed by atoms with van der Waals surface area (Å²) in [7, 11) is 0. The predicted molar refractivity (Wildman–Crippen MR) is 101 cm³/mol. The van der Waals surface area contributed by atoms with Gasteiger partial charge in [0.15, 0.2) is 5.82 Å². The predicted octanol–water partition coefficient (Wildman–Crippen LogP) is 1.98. The summed E-state index contributed by atoms with van der Waals surface area (Å²) in [6.07, 6.45) is 0.854. The van der Waals surface area contributed by atoms with Crippen LogP contribution in [0.5, 0.6) is 5.75 Å². The Labute approximate surface area is 156 Å². The fraction of sp³-hybridized carbons (Fsp3) is 0.250. The molecule has 1 fully saturated rings. The average Bonchev–Trinajstić information content (AvgIpc) is 3.26. The number of phenols is 1. The van der Waals surface area contributed by atoms with Crippen molar-refractivity contribution in [2.24, 2.45) is 5.92 Å². The van der Waals surface area contributed by atoms with Crippen LogP contribution in [0.25, 0.3) is 10.9 Å². The van der Waals surface area contributed by atoms with Gasteiger partial charge in [0.2, 0.25) is 11.8 Å². The van der Waals surface area contributed by atoms with E-state index >= 15 is 0 Å². The summed E-state index contributed by atoms with van der Waals surface area (Å²) in [6.45, 7) is 0.818. The minimum absolute atomic E-state index is 0.0917. The van der Waals surface area contributed by atoms with Crippen LogP contribution in [-0.2, 0) is 16.0 Å². The standard InChI is InChI=1S/C20H20N4O3/c25-15-7-5-13(6-8-15)9-10-21-20(27)14-11-18(26)24(12-14)19-16-3-1-2-4-17(16)22-23-19/h1-8,14,25H,9-12H2,(H,21,27)(H,22,23)/t14-/m1/s1. The van der Waals surface area contributed by atoms with Gasteiger partial charge in [0.25, 0.3) is 0 Å². The summed E-state index contributed by atoms with van der Waals surface area (Å²) >= 11 is 0. The van der Waals surface area contributed by atoms with Crippen LogP contribution in [-0.4, -0.2) is 40.2 Å². The number of benzene rings is 2. The first-order valence-corrected chi connectivity index (χ1v) is 8.91. The topological polar surface area (TPSA) is 98.3 Å². The molecular formula is C20H20N4O3. The summed E-state index contributed by atoms with van der Waals surface area (Å²) in [4.78, 5) is 26.5. The fourth-order valence-electron chi connectivity index (χ4n) is 3.38. The molecule has 7 heteroatoms. The van der Waals surface area contributed by atoms with Crippen LogP contribution in [0.1, 0.15) is 12.0 Å². The van der Waals surface area contributed by atoms with Gasteiger partial charge in [-0.15, -0.1) is 0 Å². The van der Waals surface area contributed by atoms with Gasteiger partial charge < -0.3 is 10.4 Å². The molecule has 1 atom stereocenters. The number of carbonyl (C=O) groups is 2. The smallest absolute Gasteiger partial charge is 0.229 e. The molecule has 2 aromatic carbocycles. The van der Waals surface area contributed by atoms with E-state index in [9.17, 15) is 14.7 Å². The van der Waals surface area contributed by atoms with Crippen molar-refractivity contribution in [3.05, 3.63) is 54.1 Å². The number of nitrogens with zero attached hydrogens (tertiary/aromatic N) is 2. The van der Waals surface area contributed by atoms with Crippen LogP contribution >= 0.6 is 0 Å². The second-order valence-electron chi connectivity index (χ2n) is 6.71. The molecule has 1 aromatic heterocycles. The number of carbonyl (C=O) groups excluding carboxylic acids is 2. The number of hydrogen-bond acceptors (Lipinski definition) is 4. The molecule has 0 saturated carbocycles. The van der Waals surface area contributed by atoms with Gasteiger partial charge in [-0.25, -0.2) is 0 Å². The van der Waals surface area contributed by atoms with Gasteiger partial charge in [0.05, 0.1) is 11.4 Å². The molecule has 0 bridgehead atoms. The van der Waals surface area contributed by atoms with E-state index in [-0.39, 0.29) is 29.9 Å². The molecule has 0 radical (unpaired) electrons. The molecule has 1 saturated heterocycles. The minimum atomic E-state index is -0.382. The van der Waals surface area contributed by atoms with Crippen LogP contribution in [0, 0.1) is 5.92 Å². The summed E-state index contributed by atoms with van der Waals surface area (Å²) in [6, 6.07) is 14.5. The summed E-state index contributed by atoms with van der Waals surface area (Å²) in [5.74, 6) is 0.205. The highest BCUT2D eigenvalue weighted by Crippen LogP contribution is 2.29. The van der Waals surface area contributed by atoms with E-state index in [0.717, 1.165) is 16.5 Å². The summed E-state index contributed by atoms with van der Waals surface area (Å²) in [5.41, 5.74) is 1.89.